The summed E-state index contributed by atoms with van der Waals surface area (Å²) in [6.45, 7) is 4.11. The monoisotopic (exact) mass is 382 g/mol. The normalized spacial score (nSPS) is 15.9. The molecule has 1 fully saturated rings. The summed E-state index contributed by atoms with van der Waals surface area (Å²) in [5, 5.41) is 12.4. The Morgan fingerprint density at radius 1 is 1.19 bits per heavy atom. The smallest absolute Gasteiger partial charge is 0.270 e. The van der Waals surface area contributed by atoms with Crippen molar-refractivity contribution < 1.29 is 19.4 Å². The number of carbonyl (C=O) groups is 2. The molecule has 2 aromatic rings. The number of phenols is 1. The number of hydrogen-bond donors (Lipinski definition) is 2. The van der Waals surface area contributed by atoms with Crippen LogP contribution in [0.1, 0.15) is 18.1 Å². The molecule has 0 radical (unpaired) electrons. The number of aromatic hydroxyl groups is 1. The van der Waals surface area contributed by atoms with Gasteiger partial charge in [0, 0.05) is 0 Å². The Morgan fingerprint density at radius 3 is 2.56 bits per heavy atom. The summed E-state index contributed by atoms with van der Waals surface area (Å²) in [5.41, 5.74) is 2.10. The minimum Gasteiger partial charge on any atom is -0.504 e. The van der Waals surface area contributed by atoms with Gasteiger partial charge in [0.05, 0.1) is 12.3 Å². The number of nitrogens with zero attached hydrogens (tertiary/aromatic N) is 1. The van der Waals surface area contributed by atoms with Crippen molar-refractivity contribution in [3.63, 3.8) is 0 Å². The van der Waals surface area contributed by atoms with Crippen LogP contribution in [0.3, 0.4) is 0 Å². The molecule has 1 heterocycles. The van der Waals surface area contributed by atoms with Gasteiger partial charge in [0.2, 0.25) is 0 Å². The van der Waals surface area contributed by atoms with Crippen molar-refractivity contribution in [2.24, 2.45) is 0 Å². The number of rotatable bonds is 4. The molecule has 2 aromatic carbocycles. The molecule has 138 valence electrons. The van der Waals surface area contributed by atoms with E-state index < -0.39 is 11.8 Å². The molecular weight excluding hydrogens is 364 g/mol. The summed E-state index contributed by atoms with van der Waals surface area (Å²) in [7, 11) is 0. The second kappa shape index (κ2) is 7.59. The molecule has 7 heteroatoms. The maximum atomic E-state index is 12.9. The molecule has 0 saturated carbocycles. The van der Waals surface area contributed by atoms with Gasteiger partial charge in [-0.1, -0.05) is 23.8 Å². The number of phenolic OH excluding ortho intramolecular Hbond substituents is 1. The van der Waals surface area contributed by atoms with Gasteiger partial charge >= 0.3 is 0 Å². The zero-order valence-corrected chi connectivity index (χ0v) is 15.7. The lowest BCUT2D eigenvalue weighted by atomic mass is 10.1. The molecule has 3 rings (SSSR count). The van der Waals surface area contributed by atoms with Crippen molar-refractivity contribution in [1.82, 2.24) is 5.32 Å². The van der Waals surface area contributed by atoms with Gasteiger partial charge in [-0.15, -0.1) is 0 Å². The van der Waals surface area contributed by atoms with Crippen molar-refractivity contribution in [2.45, 2.75) is 13.8 Å². The van der Waals surface area contributed by atoms with E-state index in [4.69, 9.17) is 17.0 Å². The van der Waals surface area contributed by atoms with Crippen molar-refractivity contribution in [2.75, 3.05) is 11.5 Å². The van der Waals surface area contributed by atoms with E-state index >= 15 is 0 Å². The number of benzene rings is 2. The first-order valence-electron chi connectivity index (χ1n) is 8.34. The van der Waals surface area contributed by atoms with Gasteiger partial charge in [-0.3, -0.25) is 19.8 Å². The topological polar surface area (TPSA) is 78.9 Å². The maximum absolute atomic E-state index is 12.9. The number of amides is 2. The average molecular weight is 382 g/mol. The van der Waals surface area contributed by atoms with Gasteiger partial charge in [0.1, 0.15) is 5.57 Å². The number of anilines is 1. The zero-order valence-electron chi connectivity index (χ0n) is 14.9. The first-order valence-corrected chi connectivity index (χ1v) is 8.75. The molecule has 0 atom stereocenters. The first-order chi connectivity index (χ1) is 12.9. The Bertz CT molecular complexity index is 951. The third kappa shape index (κ3) is 3.83. The van der Waals surface area contributed by atoms with Gasteiger partial charge in [0.25, 0.3) is 11.8 Å². The van der Waals surface area contributed by atoms with Crippen LogP contribution in [0.4, 0.5) is 5.69 Å². The molecule has 6 nitrogen and oxygen atoms in total. The summed E-state index contributed by atoms with van der Waals surface area (Å²) in [6.07, 6.45) is 1.45. The van der Waals surface area contributed by atoms with Gasteiger partial charge < -0.3 is 9.84 Å². The lowest BCUT2D eigenvalue weighted by Crippen LogP contribution is -2.54. The lowest BCUT2D eigenvalue weighted by Gasteiger charge is -2.29. The highest BCUT2D eigenvalue weighted by Gasteiger charge is 2.34. The Balaban J connectivity index is 1.99. The van der Waals surface area contributed by atoms with Crippen LogP contribution in [0.2, 0.25) is 0 Å². The predicted octanol–water partition coefficient (Wildman–Crippen LogP) is 2.93. The van der Waals surface area contributed by atoms with E-state index in [1.54, 1.807) is 31.2 Å². The Morgan fingerprint density at radius 2 is 1.89 bits per heavy atom. The summed E-state index contributed by atoms with van der Waals surface area (Å²) in [6, 6.07) is 11.9. The molecule has 0 bridgehead atoms. The van der Waals surface area contributed by atoms with E-state index in [0.717, 1.165) is 5.56 Å². The second-order valence-electron chi connectivity index (χ2n) is 5.95. The van der Waals surface area contributed by atoms with E-state index in [2.05, 4.69) is 5.32 Å². The summed E-state index contributed by atoms with van der Waals surface area (Å²) in [4.78, 5) is 26.6. The highest BCUT2D eigenvalue weighted by atomic mass is 32.1. The third-order valence-electron chi connectivity index (χ3n) is 3.99. The average Bonchev–Trinajstić information content (AvgIpc) is 2.63. The molecular formula is C20H18N2O4S. The van der Waals surface area contributed by atoms with Gasteiger partial charge in [-0.25, -0.2) is 0 Å². The lowest BCUT2D eigenvalue weighted by molar-refractivity contribution is -0.122. The van der Waals surface area contributed by atoms with Gasteiger partial charge in [-0.05, 0) is 62.0 Å². The molecule has 0 spiro atoms. The molecule has 0 aliphatic carbocycles. The van der Waals surface area contributed by atoms with Crippen LogP contribution in [-0.2, 0) is 9.59 Å². The van der Waals surface area contributed by atoms with E-state index in [0.29, 0.717) is 17.9 Å². The zero-order chi connectivity index (χ0) is 19.6. The standard InChI is InChI=1S/C20H18N2O4S/c1-3-26-17-11-13(6-9-16(17)23)10-15-18(24)21-20(27)22(19(15)25)14-7-4-12(2)5-8-14/h4-11,23H,3H2,1-2H3,(H,21,24,27)/b15-10+. The van der Waals surface area contributed by atoms with Crippen LogP contribution in [0.25, 0.3) is 6.08 Å². The summed E-state index contributed by atoms with van der Waals surface area (Å²) in [5.74, 6) is -0.819. The Labute approximate surface area is 162 Å². The van der Waals surface area contributed by atoms with E-state index in [9.17, 15) is 14.7 Å². The second-order valence-corrected chi connectivity index (χ2v) is 6.34. The van der Waals surface area contributed by atoms with Crippen LogP contribution >= 0.6 is 12.2 Å². The van der Waals surface area contributed by atoms with Crippen LogP contribution in [0.5, 0.6) is 11.5 Å². The number of hydrogen-bond acceptors (Lipinski definition) is 5. The number of nitrogens with one attached hydrogen (secondary N) is 1. The number of carbonyl (C=O) groups excluding carboxylic acids is 2. The van der Waals surface area contributed by atoms with E-state index in [-0.39, 0.29) is 22.2 Å². The highest BCUT2D eigenvalue weighted by molar-refractivity contribution is 7.80. The molecule has 0 aromatic heterocycles. The molecule has 0 unspecified atom stereocenters. The fourth-order valence-corrected chi connectivity index (χ4v) is 2.93. The minimum absolute atomic E-state index is 0.0131. The van der Waals surface area contributed by atoms with Crippen molar-refractivity contribution in [1.29, 1.82) is 0 Å². The molecule has 27 heavy (non-hydrogen) atoms. The quantitative estimate of drug-likeness (QED) is 0.483. The summed E-state index contributed by atoms with van der Waals surface area (Å²) >= 11 is 5.18. The largest absolute Gasteiger partial charge is 0.504 e. The van der Waals surface area contributed by atoms with Crippen molar-refractivity contribution >= 4 is 40.9 Å². The Kier molecular flexibility index (Phi) is 5.23. The fourth-order valence-electron chi connectivity index (χ4n) is 2.64. The van der Waals surface area contributed by atoms with Crippen LogP contribution in [-0.4, -0.2) is 28.6 Å². The SMILES string of the molecule is CCOc1cc(/C=C2\C(=O)NC(=S)N(c3ccc(C)cc3)C2=O)ccc1O. The van der Waals surface area contributed by atoms with Crippen molar-refractivity contribution in [3.8, 4) is 11.5 Å². The first kappa shape index (κ1) is 18.6. The van der Waals surface area contributed by atoms with E-state index in [1.165, 1.54) is 17.0 Å². The van der Waals surface area contributed by atoms with Gasteiger partial charge in [-0.2, -0.15) is 0 Å². The molecule has 1 aliphatic heterocycles. The number of aryl methyl sites for hydroxylation is 1. The molecule has 1 aliphatic rings. The highest BCUT2D eigenvalue weighted by Crippen LogP contribution is 2.29. The Hall–Kier alpha value is -3.19. The van der Waals surface area contributed by atoms with Crippen LogP contribution < -0.4 is 15.0 Å². The van der Waals surface area contributed by atoms with Crippen molar-refractivity contribution in [3.05, 3.63) is 59.2 Å². The molecule has 2 amide bonds. The van der Waals surface area contributed by atoms with Crippen LogP contribution in [0, 0.1) is 6.92 Å². The maximum Gasteiger partial charge on any atom is 0.270 e. The molecule has 1 saturated heterocycles. The predicted molar refractivity (Wildman–Crippen MR) is 107 cm³/mol. The van der Waals surface area contributed by atoms with E-state index in [1.807, 2.05) is 19.1 Å². The summed E-state index contributed by atoms with van der Waals surface area (Å²) < 4.78 is 5.34. The molecule has 2 N–H and O–H groups in total. The fraction of sp³-hybridized carbons (Fsp3) is 0.150. The van der Waals surface area contributed by atoms with Gasteiger partial charge in [0.15, 0.2) is 16.6 Å². The van der Waals surface area contributed by atoms with Crippen LogP contribution in [0.15, 0.2) is 48.0 Å². The number of ether oxygens (including phenoxy) is 1. The number of thiocarbonyl (C=S) groups is 1. The minimum atomic E-state index is -0.570. The third-order valence-corrected chi connectivity index (χ3v) is 4.27.